The van der Waals surface area contributed by atoms with Crippen LogP contribution in [0.3, 0.4) is 0 Å². The van der Waals surface area contributed by atoms with E-state index in [1.165, 1.54) is 6.42 Å². The van der Waals surface area contributed by atoms with Gasteiger partial charge in [-0.3, -0.25) is 9.78 Å². The highest BCUT2D eigenvalue weighted by Crippen LogP contribution is 2.37. The highest BCUT2D eigenvalue weighted by atomic mass is 16.7. The average Bonchev–Trinajstić information content (AvgIpc) is 3.38. The monoisotopic (exact) mass is 1070 g/mol. The number of ether oxygens (including phenoxy) is 7. The Balaban J connectivity index is 1.34. The summed E-state index contributed by atoms with van der Waals surface area (Å²) in [5.74, 6) is -0.342. The predicted octanol–water partition coefficient (Wildman–Crippen LogP) is 6.83. The van der Waals surface area contributed by atoms with Gasteiger partial charge in [-0.2, -0.15) is 0 Å². The van der Waals surface area contributed by atoms with Crippen molar-refractivity contribution in [3.8, 4) is 5.75 Å². The van der Waals surface area contributed by atoms with E-state index in [4.69, 9.17) is 43.2 Å². The quantitative estimate of drug-likeness (QED) is 0.0687. The molecule has 4 aliphatic rings. The molecule has 2 aromatic rings. The van der Waals surface area contributed by atoms with E-state index >= 15 is 0 Å². The molecule has 2 saturated heterocycles. The highest BCUT2D eigenvalue weighted by molar-refractivity contribution is 5.96. The number of nitrogens with zero attached hydrogens (tertiary/aromatic N) is 4. The van der Waals surface area contributed by atoms with Crippen molar-refractivity contribution in [2.24, 2.45) is 46.6 Å². The molecule has 76 heavy (non-hydrogen) atoms. The Hall–Kier alpha value is -3.59. The van der Waals surface area contributed by atoms with Gasteiger partial charge in [0.05, 0.1) is 73.5 Å². The van der Waals surface area contributed by atoms with Crippen LogP contribution in [0, 0.1) is 41.4 Å². The summed E-state index contributed by atoms with van der Waals surface area (Å²) in [6, 6.07) is 9.07. The van der Waals surface area contributed by atoms with Gasteiger partial charge in [0.15, 0.2) is 6.29 Å². The van der Waals surface area contributed by atoms with Crippen molar-refractivity contribution in [1.82, 2.24) is 14.8 Å². The molecule has 0 bridgehead atoms. The Morgan fingerprint density at radius 2 is 1.62 bits per heavy atom. The Kier molecular flexibility index (Phi) is 24.0. The molecule has 1 aliphatic carbocycles. The number of likely N-dealkylation sites (tertiary alicyclic amines) is 1. The summed E-state index contributed by atoms with van der Waals surface area (Å²) in [5.41, 5.74) is 2.49. The van der Waals surface area contributed by atoms with Crippen LogP contribution in [-0.4, -0.2) is 188 Å². The lowest BCUT2D eigenvalue weighted by molar-refractivity contribution is -0.304. The fourth-order valence-electron chi connectivity index (χ4n) is 12.2. The summed E-state index contributed by atoms with van der Waals surface area (Å²) in [5, 5.41) is 52.2. The molecule has 6 rings (SSSR count). The minimum atomic E-state index is -1.23. The molecule has 4 heterocycles. The molecule has 4 N–H and O–H groups in total. The fourth-order valence-corrected chi connectivity index (χ4v) is 12.2. The van der Waals surface area contributed by atoms with Crippen LogP contribution in [0.2, 0.25) is 0 Å². The molecule has 0 amide bonds. The number of hydrogen-bond acceptors (Lipinski definition) is 17. The summed E-state index contributed by atoms with van der Waals surface area (Å²) in [6.45, 7) is 19.9. The van der Waals surface area contributed by atoms with Gasteiger partial charge in [-0.1, -0.05) is 70.5 Å². The molecule has 0 spiro atoms. The van der Waals surface area contributed by atoms with Crippen LogP contribution in [0.4, 0.5) is 0 Å². The van der Waals surface area contributed by atoms with E-state index in [9.17, 15) is 25.2 Å². The first-order valence-corrected chi connectivity index (χ1v) is 28.1. The molecule has 19 atom stereocenters. The summed E-state index contributed by atoms with van der Waals surface area (Å²) in [7, 11) is 6.76. The highest BCUT2D eigenvalue weighted by Gasteiger charge is 2.48. The van der Waals surface area contributed by atoms with E-state index in [1.807, 2.05) is 70.2 Å². The van der Waals surface area contributed by atoms with Crippen LogP contribution in [0.1, 0.15) is 100 Å². The van der Waals surface area contributed by atoms with Crippen LogP contribution in [0.5, 0.6) is 5.75 Å². The lowest BCUT2D eigenvalue weighted by Crippen LogP contribution is -2.63. The van der Waals surface area contributed by atoms with Crippen LogP contribution in [-0.2, 0) is 38.1 Å². The van der Waals surface area contributed by atoms with Gasteiger partial charge in [0.2, 0.25) is 0 Å². The van der Waals surface area contributed by atoms with Gasteiger partial charge < -0.3 is 68.2 Å². The zero-order valence-corrected chi connectivity index (χ0v) is 47.6. The number of aliphatic hydroxyl groups excluding tert-OH is 4. The van der Waals surface area contributed by atoms with Crippen LogP contribution >= 0.6 is 0 Å². The van der Waals surface area contributed by atoms with Crippen molar-refractivity contribution in [2.75, 3.05) is 67.8 Å². The number of allylic oxidation sites excluding steroid dienone is 3. The second-order valence-electron chi connectivity index (χ2n) is 23.0. The number of methoxy groups -OCH3 is 2. The number of carbonyl (C=O) groups excluding carboxylic acids is 1. The maximum Gasteiger partial charge on any atom is 0.308 e. The molecule has 3 aliphatic heterocycles. The maximum absolute atomic E-state index is 14.2. The van der Waals surface area contributed by atoms with E-state index in [-0.39, 0.29) is 30.8 Å². The van der Waals surface area contributed by atoms with Crippen molar-refractivity contribution in [3.05, 3.63) is 60.3 Å². The molecule has 0 radical (unpaired) electrons. The van der Waals surface area contributed by atoms with Crippen LogP contribution in [0.25, 0.3) is 10.9 Å². The van der Waals surface area contributed by atoms with E-state index < -0.39 is 91.2 Å². The smallest absolute Gasteiger partial charge is 0.308 e. The molecular formula is C59H94N4O13. The molecule has 1 aromatic heterocycles. The number of likely N-dealkylation sites (N-methyl/N-ethyl adjacent to an activating group) is 1. The van der Waals surface area contributed by atoms with Gasteiger partial charge in [-0.05, 0) is 121 Å². The number of cyclic esters (lactones) is 1. The van der Waals surface area contributed by atoms with Crippen molar-refractivity contribution in [2.45, 2.75) is 174 Å². The Morgan fingerprint density at radius 1 is 0.882 bits per heavy atom. The second-order valence-corrected chi connectivity index (χ2v) is 23.0. The van der Waals surface area contributed by atoms with Gasteiger partial charge in [0.25, 0.3) is 0 Å². The topological polar surface area (TPSA) is 204 Å². The minimum absolute atomic E-state index is 0.111. The summed E-state index contributed by atoms with van der Waals surface area (Å²) >= 11 is 0. The Labute approximate surface area is 453 Å². The lowest BCUT2D eigenvalue weighted by atomic mass is 9.79. The van der Waals surface area contributed by atoms with E-state index in [2.05, 4.69) is 36.7 Å². The standard InChI is InChI=1S/C59H94N4O13/c1-13-49-44(34-72-50-29-39(6)53(66)58(70-12)57(50)69-11)27-35(2)17-19-46(61-73-25-15-24-71-45-18-20-47-42(30-45)16-14-22-60-47)38(5)28-43(21-23-63-32-36(3)26-37(4)33-63)56(40(7)48(64)31-51(65)75-49)76-59-55(68)52(62(9)10)54(67)41(8)74-59/h14,16-20,22,27,30,36-41,43-44,48-50,52-59,64,66-68H,13,15,21,23-26,28-29,31-34H2,1-12H3/b19-17+,35-27+,61-46-/t36?,37?,38-,39+,40+,41-,43+,44?,48-,49-,50-,52+,53-,54-,55+,56-,57+,58-,59+/m1/s1. The zero-order chi connectivity index (χ0) is 55.2. The van der Waals surface area contributed by atoms with Crippen molar-refractivity contribution in [3.63, 3.8) is 0 Å². The number of benzene rings is 1. The third-order valence-electron chi connectivity index (χ3n) is 16.4. The third-order valence-corrected chi connectivity index (χ3v) is 16.4. The molecular weight excluding hydrogens is 973 g/mol. The number of oxime groups is 1. The lowest BCUT2D eigenvalue weighted by Gasteiger charge is -2.47. The predicted molar refractivity (Wildman–Crippen MR) is 293 cm³/mol. The summed E-state index contributed by atoms with van der Waals surface area (Å²) < 4.78 is 44.0. The molecule has 17 nitrogen and oxygen atoms in total. The van der Waals surface area contributed by atoms with Crippen molar-refractivity contribution >= 4 is 22.6 Å². The number of piperidine rings is 1. The molecule has 3 unspecified atom stereocenters. The Morgan fingerprint density at radius 3 is 2.32 bits per heavy atom. The Bertz CT molecular complexity index is 2170. The van der Waals surface area contributed by atoms with E-state index in [0.29, 0.717) is 62.9 Å². The minimum Gasteiger partial charge on any atom is -0.493 e. The number of aromatic nitrogens is 1. The van der Waals surface area contributed by atoms with E-state index in [1.54, 1.807) is 46.3 Å². The first-order chi connectivity index (χ1) is 36.3. The van der Waals surface area contributed by atoms with Gasteiger partial charge in [0.1, 0.15) is 36.8 Å². The molecule has 1 aromatic carbocycles. The van der Waals surface area contributed by atoms with E-state index in [0.717, 1.165) is 41.9 Å². The number of aliphatic hydroxyl groups is 4. The number of rotatable bonds is 18. The zero-order valence-electron chi connectivity index (χ0n) is 47.6. The molecule has 3 fully saturated rings. The van der Waals surface area contributed by atoms with Gasteiger partial charge in [-0.15, -0.1) is 0 Å². The molecule has 428 valence electrons. The number of pyridine rings is 1. The second kappa shape index (κ2) is 29.6. The maximum atomic E-state index is 14.2. The molecule has 17 heteroatoms. The van der Waals surface area contributed by atoms with Crippen LogP contribution < -0.4 is 4.74 Å². The SMILES string of the molecule is CC[C@H]1OC(=O)C[C@@H](O)[C@H](C)[C@@H](O[C@@H]2O[C@H](C)[C@@H](O)[C@H](N(C)C)[C@@H]2O)[C@@H](CCN2CC(C)CC(C)C2)C[C@@H](C)C(=N\OCCCOc2ccc3ncccc3c2)/C=C/C(C)=C/C1CO[C@@H]1C[C@H](C)[C@@H](O)[C@@H](OC)[C@H]1OC. The number of carbonyl (C=O) groups is 1. The van der Waals surface area contributed by atoms with Gasteiger partial charge >= 0.3 is 5.97 Å². The summed E-state index contributed by atoms with van der Waals surface area (Å²) in [4.78, 5) is 29.0. The van der Waals surface area contributed by atoms with Crippen molar-refractivity contribution in [1.29, 1.82) is 0 Å². The largest absolute Gasteiger partial charge is 0.493 e. The number of fused-ring (bicyclic) bond motifs is 1. The summed E-state index contributed by atoms with van der Waals surface area (Å²) in [6.07, 6.45) is 2.68. The number of esters is 1. The normalized spacial score (nSPS) is 38.4. The first-order valence-electron chi connectivity index (χ1n) is 28.1. The number of hydrogen-bond donors (Lipinski definition) is 4. The van der Waals surface area contributed by atoms with Gasteiger partial charge in [-0.25, -0.2) is 0 Å². The van der Waals surface area contributed by atoms with Gasteiger partial charge in [0, 0.05) is 63.1 Å². The van der Waals surface area contributed by atoms with Crippen molar-refractivity contribution < 1.29 is 63.2 Å². The third kappa shape index (κ3) is 16.7. The fraction of sp³-hybridized carbons (Fsp3) is 0.746. The van der Waals surface area contributed by atoms with Crippen LogP contribution in [0.15, 0.2) is 65.5 Å². The molecule has 1 saturated carbocycles. The average molecular weight is 1070 g/mol. The first kappa shape index (κ1) is 61.6.